The molecule has 2 aliphatic rings. The Labute approximate surface area is 795 Å². The molecule has 2 aliphatic heterocycles. The average molecular weight is 1860 g/mol. The summed E-state index contributed by atoms with van der Waals surface area (Å²) in [6.45, 7) is 97.1. The summed E-state index contributed by atoms with van der Waals surface area (Å²) in [6, 6.07) is 24.0. The molecule has 3 aromatic carbocycles. The van der Waals surface area contributed by atoms with Gasteiger partial charge in [-0.1, -0.05) is 295 Å². The van der Waals surface area contributed by atoms with Crippen molar-refractivity contribution in [3.05, 3.63) is 113 Å². The van der Waals surface area contributed by atoms with Crippen LogP contribution >= 0.6 is 43.2 Å². The van der Waals surface area contributed by atoms with Gasteiger partial charge in [0, 0.05) is 62.3 Å². The summed E-state index contributed by atoms with van der Waals surface area (Å²) < 4.78 is 36.9. The van der Waals surface area contributed by atoms with Crippen molar-refractivity contribution in [3.63, 3.8) is 0 Å². The van der Waals surface area contributed by atoms with Crippen LogP contribution < -0.4 is 4.74 Å². The van der Waals surface area contributed by atoms with Gasteiger partial charge in [-0.2, -0.15) is 0 Å². The van der Waals surface area contributed by atoms with E-state index in [-0.39, 0.29) is 62.3 Å². The number of rotatable bonds is 27. The number of aliphatic carboxylic acids is 1. The van der Waals surface area contributed by atoms with Crippen LogP contribution in [0.15, 0.2) is 84.9 Å². The van der Waals surface area contributed by atoms with Gasteiger partial charge in [-0.15, -0.1) is 0 Å². The first kappa shape index (κ1) is 127. The van der Waals surface area contributed by atoms with Crippen molar-refractivity contribution in [1.82, 2.24) is 9.80 Å². The Bertz CT molecular complexity index is 3520. The van der Waals surface area contributed by atoms with Crippen molar-refractivity contribution in [3.8, 4) is 5.75 Å². The number of carboxylic acid groups (broad SMARTS) is 1. The fourth-order valence-corrected chi connectivity index (χ4v) is 15.9. The topological polar surface area (TPSA) is 194 Å². The highest BCUT2D eigenvalue weighted by atomic mass is 33.1. The molecule has 0 bridgehead atoms. The molecule has 2 saturated heterocycles. The zero-order valence-corrected chi connectivity index (χ0v) is 92.0. The van der Waals surface area contributed by atoms with Gasteiger partial charge in [-0.3, -0.25) is 38.6 Å². The molecular formula is C107H190N2O14S4. The zero-order valence-electron chi connectivity index (χ0n) is 88.7. The van der Waals surface area contributed by atoms with Crippen LogP contribution in [0.25, 0.3) is 0 Å². The molecule has 0 spiro atoms. The average Bonchev–Trinajstić information content (AvgIpc) is 0.857. The fourth-order valence-electron chi connectivity index (χ4n) is 10.7. The second-order valence-corrected chi connectivity index (χ2v) is 54.2. The van der Waals surface area contributed by atoms with Crippen molar-refractivity contribution < 1.29 is 67.0 Å². The Hall–Kier alpha value is -4.54. The van der Waals surface area contributed by atoms with E-state index in [1.807, 2.05) is 228 Å². The monoisotopic (exact) mass is 1860 g/mol. The number of hydrogen-bond acceptors (Lipinski definition) is 19. The summed E-state index contributed by atoms with van der Waals surface area (Å²) >= 11 is 0. The second kappa shape index (κ2) is 60.0. The van der Waals surface area contributed by atoms with Crippen molar-refractivity contribution >= 4 is 79.0 Å². The largest absolute Gasteiger partial charge is 0.481 e. The van der Waals surface area contributed by atoms with Gasteiger partial charge in [0.15, 0.2) is 0 Å². The first-order valence-corrected chi connectivity index (χ1v) is 51.5. The number of benzene rings is 3. The number of esters is 5. The molecule has 5 rings (SSSR count). The smallest absolute Gasteiger partial charge is 0.316 e. The third kappa shape index (κ3) is 76.6. The van der Waals surface area contributed by atoms with Crippen LogP contribution in [0.5, 0.6) is 5.75 Å². The van der Waals surface area contributed by atoms with Crippen molar-refractivity contribution in [1.29, 1.82) is 0 Å². The summed E-state index contributed by atoms with van der Waals surface area (Å²) in [5.74, 6) is 4.39. The van der Waals surface area contributed by atoms with Gasteiger partial charge in [0.2, 0.25) is 0 Å². The second-order valence-electron chi connectivity index (χ2n) is 48.9. The van der Waals surface area contributed by atoms with E-state index in [1.165, 1.54) is 60.1 Å². The number of carbonyl (C=O) groups excluding carboxylic acids is 5. The number of carboxylic acids is 1. The van der Waals surface area contributed by atoms with E-state index >= 15 is 0 Å². The van der Waals surface area contributed by atoms with E-state index in [1.54, 1.807) is 6.92 Å². The maximum Gasteiger partial charge on any atom is 0.316 e. The maximum atomic E-state index is 11.9. The molecule has 1 N–H and O–H groups in total. The molecule has 2 heterocycles. The van der Waals surface area contributed by atoms with Gasteiger partial charge in [-0.05, 0) is 239 Å². The molecule has 20 heteroatoms. The highest BCUT2D eigenvalue weighted by Crippen LogP contribution is 2.34. The third-order valence-corrected chi connectivity index (χ3v) is 23.5. The fraction of sp³-hybridized carbons (Fsp3) is 0.757. The van der Waals surface area contributed by atoms with E-state index in [0.717, 1.165) is 101 Å². The molecular weight excluding hydrogens is 1670 g/mol. The SMILES string of the molecule is CC(C)(C)C/C=C\COC(=O)C(C)(C)C.CC(C)(C)CCOC(=O)C(C)(C)C.CC(C)(C)CCSSCCN1CCOCC1.CC(C)(C)COC(=O)C(C)(C)C.CC(C)(C)CSSCCN1CCOCC1.CC(C)(C)Cc1ccccc1COC(=O)C(C)(C)C.CC(C)(C)Cc1ccccc1OC(=O)C(C)(C)C.CC(Cc1ccc(C(C)C(=O)O)cc1)CC(C)(C)C. The van der Waals surface area contributed by atoms with Crippen molar-refractivity contribution in [2.75, 3.05) is 109 Å². The van der Waals surface area contributed by atoms with E-state index < -0.39 is 28.1 Å². The number of carbonyl (C=O) groups is 6. The molecule has 0 aliphatic carbocycles. The summed E-state index contributed by atoms with van der Waals surface area (Å²) in [6.07, 6.45) is 11.3. The Balaban J connectivity index is -0.00000139. The molecule has 16 nitrogen and oxygen atoms in total. The Morgan fingerprint density at radius 3 is 1.20 bits per heavy atom. The highest BCUT2D eigenvalue weighted by molar-refractivity contribution is 8.77. The van der Waals surface area contributed by atoms with E-state index in [4.69, 9.17) is 38.3 Å². The number of allylic oxidation sites excluding steroid dienone is 1. The minimum Gasteiger partial charge on any atom is -0.481 e. The quantitative estimate of drug-likeness (QED) is 0.0189. The van der Waals surface area contributed by atoms with Crippen LogP contribution in [0.2, 0.25) is 0 Å². The van der Waals surface area contributed by atoms with Crippen LogP contribution in [0, 0.1) is 76.3 Å². The summed E-state index contributed by atoms with van der Waals surface area (Å²) in [5.41, 5.74) is 5.81. The Morgan fingerprint density at radius 2 is 0.795 bits per heavy atom. The molecule has 0 saturated carbocycles. The lowest BCUT2D eigenvalue weighted by molar-refractivity contribution is -0.156. The normalized spacial score (nSPS) is 14.6. The van der Waals surface area contributed by atoms with Crippen LogP contribution in [0.3, 0.4) is 0 Å². The molecule has 0 radical (unpaired) electrons. The van der Waals surface area contributed by atoms with Crippen LogP contribution in [0.4, 0.5) is 0 Å². The minimum absolute atomic E-state index is 0.0565. The van der Waals surface area contributed by atoms with Gasteiger partial charge in [0.05, 0.1) is 72.6 Å². The lowest BCUT2D eigenvalue weighted by Gasteiger charge is -2.26. The molecule has 736 valence electrons. The van der Waals surface area contributed by atoms with Gasteiger partial charge in [0.25, 0.3) is 0 Å². The molecule has 127 heavy (non-hydrogen) atoms. The number of para-hydroxylation sites is 1. The molecule has 3 aromatic rings. The number of ether oxygens (including phenoxy) is 7. The van der Waals surface area contributed by atoms with E-state index in [9.17, 15) is 28.8 Å². The van der Waals surface area contributed by atoms with Crippen LogP contribution in [-0.4, -0.2) is 159 Å². The van der Waals surface area contributed by atoms with Crippen LogP contribution in [0.1, 0.15) is 343 Å². The summed E-state index contributed by atoms with van der Waals surface area (Å²) in [7, 11) is 8.06. The maximum absolute atomic E-state index is 11.9. The number of hydrogen-bond donors (Lipinski definition) is 1. The van der Waals surface area contributed by atoms with Crippen molar-refractivity contribution in [2.45, 2.75) is 341 Å². The molecule has 2 unspecified atom stereocenters. The lowest BCUT2D eigenvalue weighted by atomic mass is 9.83. The number of morpholine rings is 2. The minimum atomic E-state index is -0.770. The van der Waals surface area contributed by atoms with Gasteiger partial charge in [0.1, 0.15) is 19.0 Å². The Kier molecular flexibility index (Phi) is 59.8. The molecule has 0 amide bonds. The summed E-state index contributed by atoms with van der Waals surface area (Å²) in [5, 5.41) is 8.98. The molecule has 2 atom stereocenters. The summed E-state index contributed by atoms with van der Waals surface area (Å²) in [4.78, 5) is 73.6. The van der Waals surface area contributed by atoms with Gasteiger partial charge in [-0.25, -0.2) is 0 Å². The van der Waals surface area contributed by atoms with Crippen LogP contribution in [-0.2, 0) is 83.1 Å². The lowest BCUT2D eigenvalue weighted by Crippen LogP contribution is -2.37. The number of nitrogens with zero attached hydrogens (tertiary/aromatic N) is 2. The highest BCUT2D eigenvalue weighted by Gasteiger charge is 2.30. The van der Waals surface area contributed by atoms with E-state index in [0.29, 0.717) is 59.8 Å². The van der Waals surface area contributed by atoms with Gasteiger partial charge < -0.3 is 38.3 Å². The zero-order chi connectivity index (χ0) is 99.1. The third-order valence-electron chi connectivity index (χ3n) is 18.3. The predicted molar refractivity (Wildman–Crippen MR) is 549 cm³/mol. The predicted octanol–water partition coefficient (Wildman–Crippen LogP) is 28.2. The first-order chi connectivity index (χ1) is 57.4. The van der Waals surface area contributed by atoms with E-state index in [2.05, 4.69) is 186 Å². The standard InChI is InChI=1S/2C17H26O2.C16H24O2.C13H24O2.C12H25NOS2.C11H23NOS2.C11H22O2.C10H20O2/c1-16(2,3)11-13-9-7-8-10-14(13)12-19-15(18)17(4,5)6;1-12(11-17(3,4)5)10-14-6-8-15(9-7-14)13(2)16(18)19;1-15(2,3)11-12-9-7-8-10-13(12)18-14(17)16(4,5)6;1-12(2,3)9-7-8-10-15-11(14)13(4,5)6;1-12(2,3)4-10-15-16-11-7-13-5-8-14-9-6-13;1-11(2,3)10-15-14-9-6-12-4-7-13-8-5-12;1-10(2,3)7-8-13-9(12)11(4,5)6;1-9(2,3)7-12-8(11)10(4,5)6/h7-10H,11-12H2,1-6H3;6-9,12-13H,10-11H2,1-5H3,(H,18,19);7-10H,11H2,1-6H3;7-8H,9-10H2,1-6H3;4-11H2,1-3H3;4-10H2,1-3H3;7-8H2,1-6H3;7H2,1-6H3/b;;;8-7-;;;;. The van der Waals surface area contributed by atoms with Gasteiger partial charge >= 0.3 is 35.8 Å². The first-order valence-electron chi connectivity index (χ1n) is 46.5. The van der Waals surface area contributed by atoms with Crippen molar-refractivity contribution in [2.24, 2.45) is 76.3 Å². The molecule has 0 aromatic heterocycles. The molecule has 2 fully saturated rings. The Morgan fingerprint density at radius 1 is 0.402 bits per heavy atom.